The van der Waals surface area contributed by atoms with Crippen LogP contribution in [0.2, 0.25) is 0 Å². The maximum Gasteiger partial charge on any atom is 0.191 e. The molecule has 1 fully saturated rings. The molecule has 1 aliphatic heterocycles. The van der Waals surface area contributed by atoms with Crippen LogP contribution in [-0.2, 0) is 5.60 Å². The molecule has 28 heavy (non-hydrogen) atoms. The molecule has 0 aromatic carbocycles. The second kappa shape index (κ2) is 9.58. The number of likely N-dealkylation sites (tertiary alicyclic amines) is 1. The Bertz CT molecular complexity index is 728. The second-order valence-corrected chi connectivity index (χ2v) is 8.65. The largest absolute Gasteiger partial charge is 0.466 e. The van der Waals surface area contributed by atoms with E-state index in [-0.39, 0.29) is 6.54 Å². The third-order valence-electron chi connectivity index (χ3n) is 5.31. The minimum absolute atomic E-state index is 0.231. The van der Waals surface area contributed by atoms with E-state index in [0.29, 0.717) is 17.7 Å². The summed E-state index contributed by atoms with van der Waals surface area (Å²) >= 11 is 1.83. The molecule has 0 radical (unpaired) electrons. The Morgan fingerprint density at radius 1 is 1.39 bits per heavy atom. The van der Waals surface area contributed by atoms with Gasteiger partial charge in [0.1, 0.15) is 11.4 Å². The van der Waals surface area contributed by atoms with E-state index in [1.807, 2.05) is 18.3 Å². The summed E-state index contributed by atoms with van der Waals surface area (Å²) in [6.45, 7) is 6.76. The van der Waals surface area contributed by atoms with Gasteiger partial charge in [0.05, 0.1) is 12.8 Å². The molecular formula is C21H32N4O2S. The lowest BCUT2D eigenvalue weighted by Crippen LogP contribution is -2.45. The molecule has 2 aromatic heterocycles. The lowest BCUT2D eigenvalue weighted by Gasteiger charge is -2.39. The Morgan fingerprint density at radius 3 is 2.93 bits per heavy atom. The fraction of sp³-hybridized carbons (Fsp3) is 0.571. The summed E-state index contributed by atoms with van der Waals surface area (Å²) in [6, 6.07) is 8.37. The van der Waals surface area contributed by atoms with Crippen molar-refractivity contribution in [2.24, 2.45) is 10.9 Å². The van der Waals surface area contributed by atoms with Crippen molar-refractivity contribution in [1.29, 1.82) is 0 Å². The molecule has 1 saturated heterocycles. The van der Waals surface area contributed by atoms with Crippen molar-refractivity contribution in [3.05, 3.63) is 46.5 Å². The molecule has 0 saturated carbocycles. The molecule has 3 atom stereocenters. The minimum atomic E-state index is -1.13. The third kappa shape index (κ3) is 5.16. The Labute approximate surface area is 171 Å². The molecule has 7 heteroatoms. The zero-order valence-electron chi connectivity index (χ0n) is 17.0. The zero-order chi connectivity index (χ0) is 20.0. The topological polar surface area (TPSA) is 73.0 Å². The number of aliphatic imine (C=N–C) groups is 1. The Hall–Kier alpha value is -1.83. The number of hydrogen-bond acceptors (Lipinski definition) is 5. The molecule has 0 spiro atoms. The molecule has 3 unspecified atom stereocenters. The summed E-state index contributed by atoms with van der Waals surface area (Å²) in [6.07, 6.45) is 3.98. The molecule has 3 rings (SSSR count). The van der Waals surface area contributed by atoms with E-state index in [1.54, 1.807) is 25.3 Å². The highest BCUT2D eigenvalue weighted by molar-refractivity contribution is 7.10. The summed E-state index contributed by atoms with van der Waals surface area (Å²) in [5.74, 6) is 1.78. The van der Waals surface area contributed by atoms with E-state index in [0.717, 1.165) is 25.6 Å². The maximum atomic E-state index is 10.6. The number of hydrogen-bond donors (Lipinski definition) is 3. The highest BCUT2D eigenvalue weighted by Crippen LogP contribution is 2.36. The Kier molecular flexibility index (Phi) is 7.15. The average molecular weight is 405 g/mol. The highest BCUT2D eigenvalue weighted by Gasteiger charge is 2.31. The van der Waals surface area contributed by atoms with Crippen LogP contribution in [0.3, 0.4) is 0 Å². The van der Waals surface area contributed by atoms with E-state index >= 15 is 0 Å². The van der Waals surface area contributed by atoms with Crippen LogP contribution in [-0.4, -0.2) is 49.2 Å². The van der Waals surface area contributed by atoms with Crippen LogP contribution in [0, 0.1) is 5.92 Å². The molecule has 6 nitrogen and oxygen atoms in total. The first-order chi connectivity index (χ1) is 13.5. The van der Waals surface area contributed by atoms with Gasteiger partial charge in [0.25, 0.3) is 0 Å². The summed E-state index contributed by atoms with van der Waals surface area (Å²) in [7, 11) is 2.22. The van der Waals surface area contributed by atoms with Gasteiger partial charge in [-0.05, 0) is 69.8 Å². The first-order valence-corrected chi connectivity index (χ1v) is 10.9. The molecule has 3 heterocycles. The lowest BCUT2D eigenvalue weighted by atomic mass is 9.88. The first kappa shape index (κ1) is 20.9. The number of furan rings is 1. The summed E-state index contributed by atoms with van der Waals surface area (Å²) in [5.41, 5.74) is -1.13. The van der Waals surface area contributed by atoms with Gasteiger partial charge in [-0.25, -0.2) is 4.99 Å². The zero-order valence-corrected chi connectivity index (χ0v) is 17.8. The molecule has 0 bridgehead atoms. The van der Waals surface area contributed by atoms with E-state index in [1.165, 1.54) is 17.7 Å². The van der Waals surface area contributed by atoms with Crippen LogP contribution < -0.4 is 10.6 Å². The van der Waals surface area contributed by atoms with Crippen LogP contribution in [0.15, 0.2) is 45.3 Å². The van der Waals surface area contributed by atoms with Crippen molar-refractivity contribution in [3.63, 3.8) is 0 Å². The average Bonchev–Trinajstić information content (AvgIpc) is 3.38. The lowest BCUT2D eigenvalue weighted by molar-refractivity contribution is 0.0436. The minimum Gasteiger partial charge on any atom is -0.466 e. The van der Waals surface area contributed by atoms with Crippen LogP contribution in [0.25, 0.3) is 0 Å². The van der Waals surface area contributed by atoms with E-state index < -0.39 is 5.60 Å². The molecule has 1 aliphatic rings. The summed E-state index contributed by atoms with van der Waals surface area (Å²) in [4.78, 5) is 8.50. The Balaban J connectivity index is 1.65. The maximum absolute atomic E-state index is 10.6. The van der Waals surface area contributed by atoms with Crippen molar-refractivity contribution >= 4 is 17.3 Å². The normalized spacial score (nSPS) is 23.4. The predicted octanol–water partition coefficient (Wildman–Crippen LogP) is 3.19. The predicted molar refractivity (Wildman–Crippen MR) is 115 cm³/mol. The van der Waals surface area contributed by atoms with Crippen molar-refractivity contribution < 1.29 is 9.52 Å². The fourth-order valence-electron chi connectivity index (χ4n) is 3.85. The quantitative estimate of drug-likeness (QED) is 0.488. The van der Waals surface area contributed by atoms with E-state index in [2.05, 4.69) is 45.1 Å². The number of guanidine groups is 1. The molecule has 3 N–H and O–H groups in total. The van der Waals surface area contributed by atoms with Gasteiger partial charge >= 0.3 is 0 Å². The number of aliphatic hydroxyl groups is 1. The van der Waals surface area contributed by atoms with Crippen molar-refractivity contribution in [1.82, 2.24) is 15.5 Å². The summed E-state index contributed by atoms with van der Waals surface area (Å²) in [5, 5.41) is 19.6. The summed E-state index contributed by atoms with van der Waals surface area (Å²) < 4.78 is 5.35. The highest BCUT2D eigenvalue weighted by atomic mass is 32.1. The van der Waals surface area contributed by atoms with Gasteiger partial charge in [0.2, 0.25) is 0 Å². The van der Waals surface area contributed by atoms with Crippen molar-refractivity contribution in [3.8, 4) is 0 Å². The Morgan fingerprint density at radius 2 is 2.25 bits per heavy atom. The van der Waals surface area contributed by atoms with Gasteiger partial charge in [-0.2, -0.15) is 0 Å². The van der Waals surface area contributed by atoms with E-state index in [9.17, 15) is 5.11 Å². The van der Waals surface area contributed by atoms with Crippen LogP contribution in [0.5, 0.6) is 0 Å². The van der Waals surface area contributed by atoms with Gasteiger partial charge in [-0.15, -0.1) is 11.3 Å². The number of thiophene rings is 1. The monoisotopic (exact) mass is 404 g/mol. The first-order valence-electron chi connectivity index (χ1n) is 10.0. The number of nitrogens with one attached hydrogen (secondary N) is 2. The van der Waals surface area contributed by atoms with Crippen LogP contribution in [0.4, 0.5) is 0 Å². The second-order valence-electron chi connectivity index (χ2n) is 7.67. The molecule has 154 valence electrons. The van der Waals surface area contributed by atoms with Gasteiger partial charge in [0, 0.05) is 24.0 Å². The number of nitrogens with zero attached hydrogens (tertiary/aromatic N) is 2. The number of piperidine rings is 1. The number of rotatable bonds is 7. The molecular weight excluding hydrogens is 372 g/mol. The van der Waals surface area contributed by atoms with E-state index in [4.69, 9.17) is 4.42 Å². The van der Waals surface area contributed by atoms with Crippen LogP contribution in [0.1, 0.15) is 43.4 Å². The molecule has 0 aliphatic carbocycles. The van der Waals surface area contributed by atoms with Crippen LogP contribution >= 0.6 is 11.3 Å². The molecule has 0 amide bonds. The standard InChI is InChI=1S/C21H32N4O2S/c1-4-22-20(24-15-21(2,26)18-10-6-12-27-18)23-14-16-8-5-11-25(3)19(16)17-9-7-13-28-17/h6-7,9-10,12-13,16,19,26H,4-5,8,11,14-15H2,1-3H3,(H2,22,23,24). The van der Waals surface area contributed by atoms with Gasteiger partial charge in [0.15, 0.2) is 5.96 Å². The molecule has 2 aromatic rings. The fourth-order valence-corrected chi connectivity index (χ4v) is 4.83. The van der Waals surface area contributed by atoms with Gasteiger partial charge in [-0.1, -0.05) is 6.07 Å². The van der Waals surface area contributed by atoms with Gasteiger partial charge in [-0.3, -0.25) is 4.90 Å². The third-order valence-corrected chi connectivity index (χ3v) is 6.26. The van der Waals surface area contributed by atoms with Crippen molar-refractivity contribution in [2.45, 2.75) is 38.3 Å². The van der Waals surface area contributed by atoms with Gasteiger partial charge < -0.3 is 20.2 Å². The SMILES string of the molecule is CCNC(=NCC(C)(O)c1ccco1)NCC1CCCN(C)C1c1cccs1. The van der Waals surface area contributed by atoms with Crippen molar-refractivity contribution in [2.75, 3.05) is 33.2 Å². The smallest absolute Gasteiger partial charge is 0.191 e.